The van der Waals surface area contributed by atoms with Crippen LogP contribution < -0.4 is 4.89 Å². The molecule has 0 aliphatic rings. The smallest absolute Gasteiger partial charge is 0.306 e. The Kier molecular flexibility index (Phi) is 39.4. The average Bonchev–Trinajstić information content (AvgIpc) is 3.17. The molecule has 0 aliphatic carbocycles. The molecule has 0 spiro atoms. The zero-order chi connectivity index (χ0) is 42.8. The molecule has 9 nitrogen and oxygen atoms in total. The van der Waals surface area contributed by atoms with Gasteiger partial charge in [0.2, 0.25) is 0 Å². The van der Waals surface area contributed by atoms with Gasteiger partial charge in [0.05, 0.1) is 27.7 Å². The maximum atomic E-state index is 12.7. The SMILES string of the molecule is CCCCCCCC/C=C/CCCCCCCCCC(=O)OC[C@H](COP(=O)([O-])OCC[N+](C)(C)C)OC(=O)CCC/C=C/C/C=C/CCCCCCCCCCC. The summed E-state index contributed by atoms with van der Waals surface area (Å²) in [7, 11) is 1.14. The lowest BCUT2D eigenvalue weighted by molar-refractivity contribution is -0.870. The maximum Gasteiger partial charge on any atom is 0.306 e. The van der Waals surface area contributed by atoms with Crippen LogP contribution in [0.25, 0.3) is 0 Å². The van der Waals surface area contributed by atoms with Crippen LogP contribution in [0.2, 0.25) is 0 Å². The van der Waals surface area contributed by atoms with E-state index in [4.69, 9.17) is 18.5 Å². The highest BCUT2D eigenvalue weighted by molar-refractivity contribution is 7.45. The van der Waals surface area contributed by atoms with Gasteiger partial charge in [-0.15, -0.1) is 0 Å². The highest BCUT2D eigenvalue weighted by Crippen LogP contribution is 2.38. The number of allylic oxidation sites excluding steroid dienone is 6. The van der Waals surface area contributed by atoms with Gasteiger partial charge in [-0.2, -0.15) is 0 Å². The quantitative estimate of drug-likeness (QED) is 0.0196. The van der Waals surface area contributed by atoms with E-state index in [2.05, 4.69) is 50.3 Å². The molecule has 0 aromatic rings. The summed E-state index contributed by atoms with van der Waals surface area (Å²) in [4.78, 5) is 37.6. The van der Waals surface area contributed by atoms with Gasteiger partial charge in [0.1, 0.15) is 19.8 Å². The van der Waals surface area contributed by atoms with Crippen molar-refractivity contribution in [1.82, 2.24) is 0 Å². The van der Waals surface area contributed by atoms with E-state index >= 15 is 0 Å². The van der Waals surface area contributed by atoms with Crippen LogP contribution in [0.15, 0.2) is 36.5 Å². The molecule has 0 saturated carbocycles. The minimum atomic E-state index is -4.64. The zero-order valence-corrected chi connectivity index (χ0v) is 39.1. The lowest BCUT2D eigenvalue weighted by Crippen LogP contribution is -2.37. The zero-order valence-electron chi connectivity index (χ0n) is 38.2. The van der Waals surface area contributed by atoms with E-state index in [-0.39, 0.29) is 26.1 Å². The second-order valence-corrected chi connectivity index (χ2v) is 18.5. The van der Waals surface area contributed by atoms with Gasteiger partial charge in [-0.1, -0.05) is 166 Å². The molecule has 0 N–H and O–H groups in total. The summed E-state index contributed by atoms with van der Waals surface area (Å²) < 4.78 is 33.9. The lowest BCUT2D eigenvalue weighted by atomic mass is 10.1. The van der Waals surface area contributed by atoms with E-state index in [1.165, 1.54) is 122 Å². The number of rotatable bonds is 43. The third-order valence-electron chi connectivity index (χ3n) is 10.1. The Labute approximate surface area is 357 Å². The summed E-state index contributed by atoms with van der Waals surface area (Å²) in [6, 6.07) is 0. The number of nitrogens with zero attached hydrogens (tertiary/aromatic N) is 1. The van der Waals surface area contributed by atoms with E-state index in [1.54, 1.807) is 0 Å². The number of likely N-dealkylation sites (N-methyl/N-ethyl adjacent to an activating group) is 1. The summed E-state index contributed by atoms with van der Waals surface area (Å²) in [6.45, 7) is 4.18. The second kappa shape index (κ2) is 40.6. The lowest BCUT2D eigenvalue weighted by Gasteiger charge is -2.28. The molecule has 0 radical (unpaired) electrons. The Morgan fingerprint density at radius 3 is 1.43 bits per heavy atom. The van der Waals surface area contributed by atoms with Crippen molar-refractivity contribution in [2.45, 2.75) is 213 Å². The summed E-state index contributed by atoms with van der Waals surface area (Å²) in [5.41, 5.74) is 0. The van der Waals surface area contributed by atoms with Crippen molar-refractivity contribution in [1.29, 1.82) is 0 Å². The van der Waals surface area contributed by atoms with Crippen LogP contribution in [0.1, 0.15) is 206 Å². The van der Waals surface area contributed by atoms with Crippen molar-refractivity contribution in [3.8, 4) is 0 Å². The number of hydrogen-bond donors (Lipinski definition) is 0. The number of ether oxygens (including phenoxy) is 2. The second-order valence-electron chi connectivity index (χ2n) is 17.1. The first-order valence-corrected chi connectivity index (χ1v) is 25.2. The number of hydrogen-bond acceptors (Lipinski definition) is 8. The van der Waals surface area contributed by atoms with Crippen LogP contribution in [0.3, 0.4) is 0 Å². The Balaban J connectivity index is 4.37. The molecular formula is C48H90NO8P. The van der Waals surface area contributed by atoms with Crippen LogP contribution in [0.4, 0.5) is 0 Å². The Morgan fingerprint density at radius 2 is 0.948 bits per heavy atom. The Hall–Kier alpha value is -1.77. The van der Waals surface area contributed by atoms with Gasteiger partial charge in [-0.25, -0.2) is 0 Å². The first kappa shape index (κ1) is 56.2. The highest BCUT2D eigenvalue weighted by Gasteiger charge is 2.21. The van der Waals surface area contributed by atoms with Gasteiger partial charge in [0.25, 0.3) is 7.82 Å². The molecule has 1 unspecified atom stereocenters. The molecule has 0 aromatic heterocycles. The standard InChI is InChI=1S/C48H90NO8P/c1-6-8-10-12-14-16-18-20-22-24-26-28-30-32-34-36-38-40-47(50)54-44-46(45-56-58(52,53)55-43-42-49(3,4)5)57-48(51)41-39-37-35-33-31-29-27-25-23-21-19-17-15-13-11-9-7-2/h20,22,27,29,33,35,46H,6-19,21,23-26,28,30-32,34,36-45H2,1-5H3/b22-20+,29-27+,35-33+/t46-/m1/s1. The fourth-order valence-corrected chi connectivity index (χ4v) is 7.12. The largest absolute Gasteiger partial charge is 0.756 e. The van der Waals surface area contributed by atoms with Crippen molar-refractivity contribution in [3.63, 3.8) is 0 Å². The third kappa shape index (κ3) is 43.8. The van der Waals surface area contributed by atoms with Crippen LogP contribution >= 0.6 is 7.82 Å². The number of carbonyl (C=O) groups excluding carboxylic acids is 2. The normalized spacial score (nSPS) is 13.8. The summed E-state index contributed by atoms with van der Waals surface area (Å²) in [5, 5.41) is 0. The highest BCUT2D eigenvalue weighted by atomic mass is 31.2. The molecule has 0 saturated heterocycles. The van der Waals surface area contributed by atoms with Gasteiger partial charge in [-0.05, 0) is 64.2 Å². The number of phosphoric acid groups is 1. The Bertz CT molecular complexity index is 1090. The summed E-state index contributed by atoms with van der Waals surface area (Å²) >= 11 is 0. The van der Waals surface area contributed by atoms with E-state index in [0.29, 0.717) is 17.4 Å². The monoisotopic (exact) mass is 840 g/mol. The topological polar surface area (TPSA) is 111 Å². The molecule has 0 fully saturated rings. The van der Waals surface area contributed by atoms with Gasteiger partial charge in [-0.3, -0.25) is 14.2 Å². The first-order valence-electron chi connectivity index (χ1n) is 23.7. The molecule has 340 valence electrons. The molecule has 0 rings (SSSR count). The minimum absolute atomic E-state index is 0.0387. The predicted octanol–water partition coefficient (Wildman–Crippen LogP) is 13.1. The van der Waals surface area contributed by atoms with Crippen molar-refractivity contribution in [2.75, 3.05) is 47.5 Å². The fourth-order valence-electron chi connectivity index (χ4n) is 6.39. The maximum absolute atomic E-state index is 12.7. The molecule has 0 heterocycles. The van der Waals surface area contributed by atoms with E-state index in [0.717, 1.165) is 51.4 Å². The molecule has 58 heavy (non-hydrogen) atoms. The van der Waals surface area contributed by atoms with Crippen molar-refractivity contribution >= 4 is 19.8 Å². The minimum Gasteiger partial charge on any atom is -0.756 e. The number of esters is 2. The van der Waals surface area contributed by atoms with Crippen molar-refractivity contribution < 1.29 is 42.1 Å². The van der Waals surface area contributed by atoms with Gasteiger partial charge in [0, 0.05) is 12.8 Å². The fraction of sp³-hybridized carbons (Fsp3) is 0.833. The first-order chi connectivity index (χ1) is 28.0. The van der Waals surface area contributed by atoms with Crippen molar-refractivity contribution in [3.05, 3.63) is 36.5 Å². The molecule has 0 amide bonds. The van der Waals surface area contributed by atoms with Crippen LogP contribution in [0, 0.1) is 0 Å². The van der Waals surface area contributed by atoms with E-state index < -0.39 is 32.5 Å². The van der Waals surface area contributed by atoms with E-state index in [1.807, 2.05) is 21.1 Å². The predicted molar refractivity (Wildman–Crippen MR) is 241 cm³/mol. The molecule has 2 atom stereocenters. The van der Waals surface area contributed by atoms with Crippen LogP contribution in [-0.4, -0.2) is 70.0 Å². The van der Waals surface area contributed by atoms with Gasteiger partial charge in [0.15, 0.2) is 6.10 Å². The number of phosphoric ester groups is 1. The summed E-state index contributed by atoms with van der Waals surface area (Å²) in [5.74, 6) is -0.888. The molecule has 0 aromatic carbocycles. The van der Waals surface area contributed by atoms with E-state index in [9.17, 15) is 19.0 Å². The molecule has 0 bridgehead atoms. The number of unbranched alkanes of at least 4 members (excludes halogenated alkanes) is 23. The number of quaternary nitrogens is 1. The molecular weight excluding hydrogens is 750 g/mol. The number of carbonyl (C=O) groups is 2. The van der Waals surface area contributed by atoms with Crippen LogP contribution in [-0.2, 0) is 32.7 Å². The summed E-state index contributed by atoms with van der Waals surface area (Å²) in [6.07, 6.45) is 46.1. The van der Waals surface area contributed by atoms with Gasteiger partial charge >= 0.3 is 11.9 Å². The molecule has 0 aliphatic heterocycles. The molecule has 10 heteroatoms. The Morgan fingerprint density at radius 1 is 0.534 bits per heavy atom. The van der Waals surface area contributed by atoms with Crippen molar-refractivity contribution in [2.24, 2.45) is 0 Å². The third-order valence-corrected chi connectivity index (χ3v) is 11.1. The van der Waals surface area contributed by atoms with Crippen LogP contribution in [0.5, 0.6) is 0 Å². The average molecular weight is 840 g/mol. The van der Waals surface area contributed by atoms with Gasteiger partial charge < -0.3 is 27.9 Å².